The first-order valence-corrected chi connectivity index (χ1v) is 11.0. The molecule has 8 heteroatoms. The average Bonchev–Trinajstić information content (AvgIpc) is 3.35. The van der Waals surface area contributed by atoms with Gasteiger partial charge in [-0.2, -0.15) is 0 Å². The number of aromatic nitrogens is 2. The number of carbonyl (C=O) groups is 1. The van der Waals surface area contributed by atoms with Gasteiger partial charge in [-0.05, 0) is 71.1 Å². The van der Waals surface area contributed by atoms with Crippen LogP contribution >= 0.6 is 22.6 Å². The lowest BCUT2D eigenvalue weighted by Crippen LogP contribution is -2.28. The molecule has 7 nitrogen and oxygen atoms in total. The molecule has 5 rings (SSSR count). The number of pyridine rings is 2. The first kappa shape index (κ1) is 20.4. The summed E-state index contributed by atoms with van der Waals surface area (Å²) in [5.41, 5.74) is 6.85. The van der Waals surface area contributed by atoms with E-state index in [1.54, 1.807) is 22.9 Å². The average molecular weight is 535 g/mol. The largest absolute Gasteiger partial charge is 0.321 e. The van der Waals surface area contributed by atoms with Crippen LogP contribution in [0.15, 0.2) is 84.5 Å². The lowest BCUT2D eigenvalue weighted by Gasteiger charge is -2.18. The highest BCUT2D eigenvalue weighted by Gasteiger charge is 2.14. The molecular formula is C24H18IN5O2. The van der Waals surface area contributed by atoms with Gasteiger partial charge in [0, 0.05) is 39.4 Å². The number of anilines is 2. The molecular weight excluding hydrogens is 517 g/mol. The number of nitrogens with one attached hydrogen (secondary N) is 2. The van der Waals surface area contributed by atoms with Crippen LogP contribution < -0.4 is 21.3 Å². The van der Waals surface area contributed by atoms with E-state index in [4.69, 9.17) is 0 Å². The fourth-order valence-electron chi connectivity index (χ4n) is 3.78. The molecule has 32 heavy (non-hydrogen) atoms. The molecule has 1 aliphatic heterocycles. The summed E-state index contributed by atoms with van der Waals surface area (Å²) in [5.74, 6) is -0.309. The molecule has 0 aliphatic carbocycles. The molecule has 4 aromatic rings. The number of benzene rings is 2. The molecule has 1 amide bonds. The van der Waals surface area contributed by atoms with E-state index in [0.29, 0.717) is 11.4 Å². The SMILES string of the molecule is C=CC(=O)Nc1cc(-n2c(=O)ccc3cnc4ccc(N5C=CCN5)cc4c32)ccc1I. The van der Waals surface area contributed by atoms with E-state index in [0.717, 1.165) is 37.6 Å². The maximum absolute atomic E-state index is 13.1. The Bertz CT molecular complexity index is 1490. The zero-order valence-corrected chi connectivity index (χ0v) is 19.0. The second-order valence-corrected chi connectivity index (χ2v) is 8.41. The van der Waals surface area contributed by atoms with Crippen molar-refractivity contribution in [1.82, 2.24) is 15.0 Å². The minimum absolute atomic E-state index is 0.170. The number of amides is 1. The predicted molar refractivity (Wildman–Crippen MR) is 136 cm³/mol. The number of fused-ring (bicyclic) bond motifs is 3. The van der Waals surface area contributed by atoms with Crippen LogP contribution in [-0.2, 0) is 4.79 Å². The van der Waals surface area contributed by atoms with Crippen molar-refractivity contribution >= 4 is 61.7 Å². The van der Waals surface area contributed by atoms with Crippen molar-refractivity contribution < 1.29 is 4.79 Å². The van der Waals surface area contributed by atoms with Crippen molar-refractivity contribution in [3.05, 3.63) is 93.6 Å². The Morgan fingerprint density at radius 3 is 2.78 bits per heavy atom. The normalized spacial score (nSPS) is 13.1. The van der Waals surface area contributed by atoms with Crippen molar-refractivity contribution in [2.75, 3.05) is 16.9 Å². The summed E-state index contributed by atoms with van der Waals surface area (Å²) in [6.07, 6.45) is 7.00. The molecule has 0 unspecified atom stereocenters. The molecule has 2 aromatic heterocycles. The molecule has 0 fully saturated rings. The summed E-state index contributed by atoms with van der Waals surface area (Å²) < 4.78 is 2.52. The summed E-state index contributed by atoms with van der Waals surface area (Å²) >= 11 is 2.15. The maximum Gasteiger partial charge on any atom is 0.255 e. The standard InChI is InChI=1S/C24H18IN5O2/c1-2-22(31)28-21-13-17(5-7-19(21)25)30-23(32)9-4-15-14-26-20-8-6-16(12-18(20)24(15)30)29-11-3-10-27-29/h2-9,11-14,27H,1,10H2,(H,28,31). The second kappa shape index (κ2) is 8.21. The highest BCUT2D eigenvalue weighted by molar-refractivity contribution is 14.1. The van der Waals surface area contributed by atoms with Crippen LogP contribution in [0.5, 0.6) is 0 Å². The highest BCUT2D eigenvalue weighted by Crippen LogP contribution is 2.30. The smallest absolute Gasteiger partial charge is 0.255 e. The number of hydrazine groups is 1. The van der Waals surface area contributed by atoms with Crippen molar-refractivity contribution in [2.24, 2.45) is 0 Å². The molecule has 0 saturated carbocycles. The van der Waals surface area contributed by atoms with E-state index in [2.05, 4.69) is 44.9 Å². The zero-order valence-electron chi connectivity index (χ0n) is 16.9. The lowest BCUT2D eigenvalue weighted by molar-refractivity contribution is -0.111. The fourth-order valence-corrected chi connectivity index (χ4v) is 4.25. The Labute approximate surface area is 197 Å². The number of rotatable bonds is 4. The molecule has 2 N–H and O–H groups in total. The molecule has 3 heterocycles. The Balaban J connectivity index is 1.78. The summed E-state index contributed by atoms with van der Waals surface area (Å²) in [6, 6.07) is 14.8. The van der Waals surface area contributed by atoms with E-state index in [1.807, 2.05) is 47.6 Å². The number of hydrogen-bond acceptors (Lipinski definition) is 5. The fraction of sp³-hybridized carbons (Fsp3) is 0.0417. The van der Waals surface area contributed by atoms with E-state index < -0.39 is 0 Å². The maximum atomic E-state index is 13.1. The first-order valence-electron chi connectivity index (χ1n) is 9.92. The molecule has 0 radical (unpaired) electrons. The van der Waals surface area contributed by atoms with Crippen LogP contribution in [0.25, 0.3) is 27.5 Å². The van der Waals surface area contributed by atoms with Gasteiger partial charge >= 0.3 is 0 Å². The van der Waals surface area contributed by atoms with Gasteiger partial charge in [-0.1, -0.05) is 12.7 Å². The van der Waals surface area contributed by atoms with Crippen molar-refractivity contribution in [3.63, 3.8) is 0 Å². The second-order valence-electron chi connectivity index (χ2n) is 7.25. The van der Waals surface area contributed by atoms with Crippen LogP contribution in [0.4, 0.5) is 11.4 Å². The summed E-state index contributed by atoms with van der Waals surface area (Å²) in [6.45, 7) is 4.27. The van der Waals surface area contributed by atoms with Crippen LogP contribution in [-0.4, -0.2) is 22.0 Å². The molecule has 0 bridgehead atoms. The van der Waals surface area contributed by atoms with Gasteiger partial charge in [-0.15, -0.1) is 0 Å². The Kier molecular flexibility index (Phi) is 5.24. The minimum Gasteiger partial charge on any atom is -0.321 e. The number of halogens is 1. The van der Waals surface area contributed by atoms with Crippen molar-refractivity contribution in [2.45, 2.75) is 0 Å². The minimum atomic E-state index is -0.309. The summed E-state index contributed by atoms with van der Waals surface area (Å²) in [7, 11) is 0. The van der Waals surface area contributed by atoms with Crippen molar-refractivity contribution in [3.8, 4) is 5.69 Å². The van der Waals surface area contributed by atoms with Gasteiger partial charge < -0.3 is 5.32 Å². The van der Waals surface area contributed by atoms with Crippen molar-refractivity contribution in [1.29, 1.82) is 0 Å². The molecule has 2 aromatic carbocycles. The Morgan fingerprint density at radius 2 is 2.00 bits per heavy atom. The Morgan fingerprint density at radius 1 is 1.16 bits per heavy atom. The molecule has 0 saturated heterocycles. The molecule has 158 valence electrons. The predicted octanol–water partition coefficient (Wildman–Crippen LogP) is 4.11. The topological polar surface area (TPSA) is 79.3 Å². The van der Waals surface area contributed by atoms with Crippen LogP contribution in [0.1, 0.15) is 0 Å². The van der Waals surface area contributed by atoms with Gasteiger partial charge in [-0.25, -0.2) is 5.43 Å². The summed E-state index contributed by atoms with van der Waals surface area (Å²) in [5, 5.41) is 6.45. The van der Waals surface area contributed by atoms with E-state index >= 15 is 0 Å². The molecule has 1 aliphatic rings. The zero-order chi connectivity index (χ0) is 22.2. The third-order valence-electron chi connectivity index (χ3n) is 5.26. The quantitative estimate of drug-likeness (QED) is 0.234. The highest BCUT2D eigenvalue weighted by atomic mass is 127. The van der Waals surface area contributed by atoms with Crippen LogP contribution in [0.2, 0.25) is 0 Å². The lowest BCUT2D eigenvalue weighted by atomic mass is 10.1. The molecule has 0 atom stereocenters. The van der Waals surface area contributed by atoms with E-state index in [1.165, 1.54) is 12.1 Å². The van der Waals surface area contributed by atoms with Gasteiger partial charge in [-0.3, -0.25) is 24.1 Å². The van der Waals surface area contributed by atoms with Gasteiger partial charge in [0.05, 0.1) is 28.1 Å². The number of nitrogens with zero attached hydrogens (tertiary/aromatic N) is 3. The van der Waals surface area contributed by atoms with Gasteiger partial charge in [0.15, 0.2) is 0 Å². The van der Waals surface area contributed by atoms with Gasteiger partial charge in [0.1, 0.15) is 0 Å². The van der Waals surface area contributed by atoms with E-state index in [-0.39, 0.29) is 11.5 Å². The number of carbonyl (C=O) groups excluding carboxylic acids is 1. The third kappa shape index (κ3) is 3.57. The van der Waals surface area contributed by atoms with E-state index in [9.17, 15) is 9.59 Å². The summed E-state index contributed by atoms with van der Waals surface area (Å²) in [4.78, 5) is 29.6. The van der Waals surface area contributed by atoms with Gasteiger partial charge in [0.25, 0.3) is 5.56 Å². The van der Waals surface area contributed by atoms with Gasteiger partial charge in [0.2, 0.25) is 5.91 Å². The molecule has 0 spiro atoms. The van der Waals surface area contributed by atoms with Crippen LogP contribution in [0, 0.1) is 3.57 Å². The Hall–Kier alpha value is -3.50. The van der Waals surface area contributed by atoms with Crippen LogP contribution in [0.3, 0.4) is 0 Å². The number of hydrogen-bond donors (Lipinski definition) is 2. The monoisotopic (exact) mass is 535 g/mol. The third-order valence-corrected chi connectivity index (χ3v) is 6.21. The first-order chi connectivity index (χ1) is 15.5.